The molecule has 0 unspecified atom stereocenters. The van der Waals surface area contributed by atoms with Gasteiger partial charge in [-0.2, -0.15) is 0 Å². The third kappa shape index (κ3) is 5.68. The predicted octanol–water partition coefficient (Wildman–Crippen LogP) is 1.36. The van der Waals surface area contributed by atoms with E-state index >= 15 is 0 Å². The van der Waals surface area contributed by atoms with Crippen molar-refractivity contribution in [2.24, 2.45) is 5.84 Å². The van der Waals surface area contributed by atoms with Gasteiger partial charge in [-0.1, -0.05) is 6.07 Å². The molecule has 23 heavy (non-hydrogen) atoms. The summed E-state index contributed by atoms with van der Waals surface area (Å²) in [6.07, 6.45) is 0. The van der Waals surface area contributed by atoms with Crippen molar-refractivity contribution >= 4 is 23.2 Å². The molecular formula is C16H18N4O3. The summed E-state index contributed by atoms with van der Waals surface area (Å²) in [6, 6.07) is 11.3. The lowest BCUT2D eigenvalue weighted by atomic mass is 10.2. The fourth-order valence-corrected chi connectivity index (χ4v) is 1.54. The van der Waals surface area contributed by atoms with Gasteiger partial charge in [0.05, 0.1) is 0 Å². The number of carbonyl (C=O) groups is 3. The molecule has 7 heteroatoms. The van der Waals surface area contributed by atoms with E-state index in [9.17, 15) is 14.4 Å². The van der Waals surface area contributed by atoms with Gasteiger partial charge in [-0.3, -0.25) is 19.8 Å². The smallest absolute Gasteiger partial charge is 0.265 e. The molecule has 1 heterocycles. The number of hydrogen-bond donors (Lipinski definition) is 3. The Morgan fingerprint density at radius 2 is 1.39 bits per heavy atom. The Kier molecular flexibility index (Phi) is 6.57. The van der Waals surface area contributed by atoms with E-state index in [2.05, 4.69) is 4.98 Å². The van der Waals surface area contributed by atoms with Crippen LogP contribution in [-0.2, 0) is 0 Å². The summed E-state index contributed by atoms with van der Waals surface area (Å²) in [4.78, 5) is 36.4. The number of hydrogen-bond acceptors (Lipinski definition) is 6. The van der Waals surface area contributed by atoms with E-state index in [4.69, 9.17) is 11.6 Å². The normalized spacial score (nSPS) is 9.35. The van der Waals surface area contributed by atoms with E-state index in [0.29, 0.717) is 22.6 Å². The molecule has 0 aliphatic heterocycles. The zero-order chi connectivity index (χ0) is 17.4. The Morgan fingerprint density at radius 3 is 1.78 bits per heavy atom. The van der Waals surface area contributed by atoms with Crippen molar-refractivity contribution in [1.29, 1.82) is 0 Å². The van der Waals surface area contributed by atoms with E-state index in [1.807, 2.05) is 5.43 Å². The predicted molar refractivity (Wildman–Crippen MR) is 86.8 cm³/mol. The van der Waals surface area contributed by atoms with Crippen molar-refractivity contribution in [3.63, 3.8) is 0 Å². The Morgan fingerprint density at radius 1 is 0.913 bits per heavy atom. The maximum atomic E-state index is 10.8. The number of rotatable bonds is 3. The fourth-order valence-electron chi connectivity index (χ4n) is 1.54. The van der Waals surface area contributed by atoms with Crippen LogP contribution in [0.2, 0.25) is 0 Å². The van der Waals surface area contributed by atoms with Gasteiger partial charge in [-0.15, -0.1) is 0 Å². The number of anilines is 1. The van der Waals surface area contributed by atoms with Gasteiger partial charge in [-0.05, 0) is 36.4 Å². The molecule has 0 atom stereocenters. The molecule has 1 aromatic carbocycles. The van der Waals surface area contributed by atoms with Crippen molar-refractivity contribution in [1.82, 2.24) is 10.4 Å². The van der Waals surface area contributed by atoms with Crippen LogP contribution in [0.5, 0.6) is 0 Å². The number of Topliss-reactive ketones (excluding diaryl/α,β-unsaturated/α-hetero) is 2. The largest absolute Gasteiger partial charge is 0.399 e. The Labute approximate surface area is 133 Å². The van der Waals surface area contributed by atoms with E-state index in [-0.39, 0.29) is 17.5 Å². The zero-order valence-electron chi connectivity index (χ0n) is 12.9. The van der Waals surface area contributed by atoms with Crippen molar-refractivity contribution in [3.05, 3.63) is 59.4 Å². The number of ketones is 2. The first-order chi connectivity index (χ1) is 10.8. The van der Waals surface area contributed by atoms with Gasteiger partial charge in [-0.25, -0.2) is 10.8 Å². The summed E-state index contributed by atoms with van der Waals surface area (Å²) in [5.74, 6) is 4.34. The molecule has 0 aliphatic carbocycles. The van der Waals surface area contributed by atoms with E-state index in [0.717, 1.165) is 0 Å². The number of carbonyl (C=O) groups excluding carboxylic acids is 3. The van der Waals surface area contributed by atoms with Crippen molar-refractivity contribution in [2.45, 2.75) is 13.8 Å². The van der Waals surface area contributed by atoms with Gasteiger partial charge < -0.3 is 5.73 Å². The lowest BCUT2D eigenvalue weighted by Gasteiger charge is -1.98. The molecule has 0 saturated carbocycles. The highest BCUT2D eigenvalue weighted by atomic mass is 16.2. The lowest BCUT2D eigenvalue weighted by Crippen LogP contribution is -2.29. The SMILES string of the molecule is CC(=O)c1cccc(C(C)=O)n1.NNC(=O)c1ccc(N)cc1. The second-order valence-electron chi connectivity index (χ2n) is 4.62. The van der Waals surface area contributed by atoms with Gasteiger partial charge in [0.1, 0.15) is 11.4 Å². The second-order valence-corrected chi connectivity index (χ2v) is 4.62. The van der Waals surface area contributed by atoms with E-state index < -0.39 is 0 Å². The minimum absolute atomic E-state index is 0.127. The molecule has 1 amide bonds. The highest BCUT2D eigenvalue weighted by molar-refractivity contribution is 5.96. The van der Waals surface area contributed by atoms with Crippen LogP contribution >= 0.6 is 0 Å². The third-order valence-corrected chi connectivity index (χ3v) is 2.77. The number of pyridine rings is 1. The molecule has 0 fully saturated rings. The topological polar surface area (TPSA) is 128 Å². The number of aromatic nitrogens is 1. The first-order valence-corrected chi connectivity index (χ1v) is 6.70. The summed E-state index contributed by atoms with van der Waals surface area (Å²) in [6.45, 7) is 2.85. The Balaban J connectivity index is 0.000000231. The van der Waals surface area contributed by atoms with Crippen LogP contribution in [0.3, 0.4) is 0 Å². The summed E-state index contributed by atoms with van der Waals surface area (Å²) in [5.41, 5.74) is 9.22. The molecule has 2 rings (SSSR count). The number of amides is 1. The number of nitrogen functional groups attached to an aromatic ring is 2. The molecule has 120 valence electrons. The van der Waals surface area contributed by atoms with Crippen molar-refractivity contribution in [3.8, 4) is 0 Å². The van der Waals surface area contributed by atoms with Gasteiger partial charge in [0.15, 0.2) is 11.6 Å². The average molecular weight is 314 g/mol. The summed E-state index contributed by atoms with van der Waals surface area (Å²) < 4.78 is 0. The first kappa shape index (κ1) is 18.0. The molecule has 0 saturated heterocycles. The van der Waals surface area contributed by atoms with Crippen LogP contribution in [0.4, 0.5) is 5.69 Å². The van der Waals surface area contributed by atoms with Gasteiger partial charge in [0.2, 0.25) is 0 Å². The Hall–Kier alpha value is -3.06. The maximum Gasteiger partial charge on any atom is 0.265 e. The third-order valence-electron chi connectivity index (χ3n) is 2.77. The number of nitrogens with two attached hydrogens (primary N) is 2. The number of hydrazine groups is 1. The minimum Gasteiger partial charge on any atom is -0.399 e. The van der Waals surface area contributed by atoms with Gasteiger partial charge in [0, 0.05) is 25.1 Å². The quantitative estimate of drug-likeness (QED) is 0.258. The van der Waals surface area contributed by atoms with E-state index in [1.54, 1.807) is 42.5 Å². The van der Waals surface area contributed by atoms with Gasteiger partial charge >= 0.3 is 0 Å². The molecule has 7 nitrogen and oxygen atoms in total. The van der Waals surface area contributed by atoms with Gasteiger partial charge in [0.25, 0.3) is 5.91 Å². The van der Waals surface area contributed by atoms with Crippen LogP contribution < -0.4 is 17.0 Å². The molecule has 0 bridgehead atoms. The molecule has 0 radical (unpaired) electrons. The molecule has 2 aromatic rings. The van der Waals surface area contributed by atoms with Crippen LogP contribution in [0.15, 0.2) is 42.5 Å². The molecule has 0 aliphatic rings. The molecule has 0 spiro atoms. The summed E-state index contributed by atoms with van der Waals surface area (Å²) >= 11 is 0. The first-order valence-electron chi connectivity index (χ1n) is 6.70. The van der Waals surface area contributed by atoms with Crippen LogP contribution in [0.1, 0.15) is 45.2 Å². The second kappa shape index (κ2) is 8.40. The minimum atomic E-state index is -0.315. The number of benzene rings is 1. The van der Waals surface area contributed by atoms with Crippen molar-refractivity contribution < 1.29 is 14.4 Å². The summed E-state index contributed by atoms with van der Waals surface area (Å²) in [5, 5.41) is 0. The standard InChI is InChI=1S/C9H9NO2.C7H9N3O/c1-6(11)8-4-3-5-9(10-8)7(2)12;8-6-3-1-5(2-4-6)7(11)10-9/h3-5H,1-2H3;1-4H,8-9H2,(H,10,11). The monoisotopic (exact) mass is 314 g/mol. The average Bonchev–Trinajstić information content (AvgIpc) is 2.55. The zero-order valence-corrected chi connectivity index (χ0v) is 12.9. The lowest BCUT2D eigenvalue weighted by molar-refractivity contribution is 0.0951. The molecular weight excluding hydrogens is 296 g/mol. The van der Waals surface area contributed by atoms with E-state index in [1.165, 1.54) is 13.8 Å². The highest BCUT2D eigenvalue weighted by Gasteiger charge is 2.04. The van der Waals surface area contributed by atoms with Crippen LogP contribution in [0.25, 0.3) is 0 Å². The van der Waals surface area contributed by atoms with Crippen LogP contribution in [-0.4, -0.2) is 22.5 Å². The number of nitrogens with one attached hydrogen (secondary N) is 1. The van der Waals surface area contributed by atoms with Crippen LogP contribution in [0, 0.1) is 0 Å². The van der Waals surface area contributed by atoms with Crippen molar-refractivity contribution in [2.75, 3.05) is 5.73 Å². The Bertz CT molecular complexity index is 682. The molecule has 5 N–H and O–H groups in total. The molecule has 1 aromatic heterocycles. The summed E-state index contributed by atoms with van der Waals surface area (Å²) in [7, 11) is 0. The highest BCUT2D eigenvalue weighted by Crippen LogP contribution is 2.04. The maximum absolute atomic E-state index is 10.8. The fraction of sp³-hybridized carbons (Fsp3) is 0.125. The number of nitrogens with zero attached hydrogens (tertiary/aromatic N) is 1.